The summed E-state index contributed by atoms with van der Waals surface area (Å²) in [5.74, 6) is 0.687. The highest BCUT2D eigenvalue weighted by Crippen LogP contribution is 2.23. The summed E-state index contributed by atoms with van der Waals surface area (Å²) in [5.41, 5.74) is 1.58. The summed E-state index contributed by atoms with van der Waals surface area (Å²) in [6.45, 7) is 5.82. The number of benzene rings is 1. The van der Waals surface area contributed by atoms with Gasteiger partial charge in [0.2, 0.25) is 0 Å². The number of urea groups is 1. The van der Waals surface area contributed by atoms with Gasteiger partial charge in [-0.15, -0.1) is 11.3 Å². The summed E-state index contributed by atoms with van der Waals surface area (Å²) in [5, 5.41) is 8.49. The zero-order valence-electron chi connectivity index (χ0n) is 13.2. The summed E-state index contributed by atoms with van der Waals surface area (Å²) in [6.07, 6.45) is 2.46. The van der Waals surface area contributed by atoms with Crippen molar-refractivity contribution >= 4 is 34.2 Å². The van der Waals surface area contributed by atoms with E-state index in [-0.39, 0.29) is 6.03 Å². The molecule has 23 heavy (non-hydrogen) atoms. The number of amides is 2. The van der Waals surface area contributed by atoms with Crippen molar-refractivity contribution in [3.8, 4) is 0 Å². The number of aromatic nitrogens is 2. The van der Waals surface area contributed by atoms with Crippen LogP contribution in [0.1, 0.15) is 31.7 Å². The highest BCUT2D eigenvalue weighted by atomic mass is 32.1. The minimum Gasteiger partial charge on any atom is -0.441 e. The minimum atomic E-state index is -0.536. The Kier molecular flexibility index (Phi) is 4.04. The molecule has 2 N–H and O–H groups in total. The molecule has 2 aromatic heterocycles. The molecule has 0 aliphatic carbocycles. The minimum absolute atomic E-state index is 0.288. The van der Waals surface area contributed by atoms with Gasteiger partial charge in [0.05, 0.1) is 5.54 Å². The normalized spacial score (nSPS) is 11.6. The Morgan fingerprint density at radius 1 is 1.39 bits per heavy atom. The van der Waals surface area contributed by atoms with Crippen molar-refractivity contribution in [1.29, 1.82) is 0 Å². The van der Waals surface area contributed by atoms with E-state index in [9.17, 15) is 4.79 Å². The fraction of sp³-hybridized carbons (Fsp3) is 0.312. The van der Waals surface area contributed by atoms with Crippen molar-refractivity contribution in [3.05, 3.63) is 40.7 Å². The topological polar surface area (TPSA) is 80.0 Å². The molecule has 0 aliphatic heterocycles. The number of carbonyl (C=O) groups excluding carboxylic acids is 1. The van der Waals surface area contributed by atoms with Crippen molar-refractivity contribution in [2.24, 2.45) is 0 Å². The van der Waals surface area contributed by atoms with E-state index in [1.165, 1.54) is 11.3 Å². The third-order valence-electron chi connectivity index (χ3n) is 3.39. The molecule has 2 amide bonds. The first-order valence-corrected chi connectivity index (χ1v) is 8.24. The van der Waals surface area contributed by atoms with Gasteiger partial charge < -0.3 is 15.1 Å². The first-order chi connectivity index (χ1) is 11.0. The average Bonchev–Trinajstić information content (AvgIpc) is 3.15. The molecule has 120 valence electrons. The van der Waals surface area contributed by atoms with Crippen molar-refractivity contribution in [2.45, 2.75) is 32.7 Å². The van der Waals surface area contributed by atoms with Gasteiger partial charge in [0.1, 0.15) is 10.5 Å². The lowest BCUT2D eigenvalue weighted by Crippen LogP contribution is -2.43. The van der Waals surface area contributed by atoms with Crippen LogP contribution in [-0.4, -0.2) is 16.0 Å². The molecule has 3 aromatic rings. The zero-order chi connectivity index (χ0) is 16.4. The molecular weight excluding hydrogens is 312 g/mol. The Labute approximate surface area is 137 Å². The quantitative estimate of drug-likeness (QED) is 0.760. The molecule has 2 heterocycles. The Balaban J connectivity index is 1.72. The van der Waals surface area contributed by atoms with Gasteiger partial charge in [0.15, 0.2) is 11.5 Å². The average molecular weight is 330 g/mol. The largest absolute Gasteiger partial charge is 0.441 e. The molecular formula is C16H18N4O2S. The number of hydrogen-bond donors (Lipinski definition) is 2. The summed E-state index contributed by atoms with van der Waals surface area (Å²) >= 11 is 1.51. The highest BCUT2D eigenvalue weighted by Gasteiger charge is 2.25. The number of anilines is 1. The van der Waals surface area contributed by atoms with Crippen LogP contribution in [0.3, 0.4) is 0 Å². The molecule has 6 nitrogen and oxygen atoms in total. The van der Waals surface area contributed by atoms with Crippen LogP contribution in [0, 0.1) is 0 Å². The van der Waals surface area contributed by atoms with E-state index in [1.807, 2.05) is 32.2 Å². The third-order valence-corrected chi connectivity index (χ3v) is 4.48. The molecule has 0 fully saturated rings. The Hall–Kier alpha value is -2.41. The summed E-state index contributed by atoms with van der Waals surface area (Å²) in [7, 11) is 0. The number of nitrogens with zero attached hydrogens (tertiary/aromatic N) is 2. The molecule has 0 bridgehead atoms. The number of oxazole rings is 1. The molecule has 0 spiro atoms. The fourth-order valence-electron chi connectivity index (χ4n) is 2.24. The molecule has 0 radical (unpaired) electrons. The van der Waals surface area contributed by atoms with E-state index >= 15 is 0 Å². The summed E-state index contributed by atoms with van der Waals surface area (Å²) in [4.78, 5) is 20.9. The second-order valence-corrected chi connectivity index (χ2v) is 6.58. The van der Waals surface area contributed by atoms with Crippen molar-refractivity contribution in [1.82, 2.24) is 15.3 Å². The molecule has 3 rings (SSSR count). The van der Waals surface area contributed by atoms with Crippen LogP contribution in [0.5, 0.6) is 0 Å². The van der Waals surface area contributed by atoms with Crippen LogP contribution < -0.4 is 10.6 Å². The van der Waals surface area contributed by atoms with Gasteiger partial charge in [-0.05, 0) is 32.0 Å². The maximum atomic E-state index is 12.2. The molecule has 0 unspecified atom stereocenters. The molecule has 1 aromatic carbocycles. The third kappa shape index (κ3) is 3.34. The number of nitrogens with one attached hydrogen (secondary N) is 2. The first kappa shape index (κ1) is 15.5. The van der Waals surface area contributed by atoms with Crippen LogP contribution >= 0.6 is 11.3 Å². The van der Waals surface area contributed by atoms with E-state index in [0.29, 0.717) is 11.6 Å². The van der Waals surface area contributed by atoms with E-state index in [2.05, 4.69) is 20.6 Å². The Morgan fingerprint density at radius 2 is 2.22 bits per heavy atom. The van der Waals surface area contributed by atoms with Crippen molar-refractivity contribution < 1.29 is 9.21 Å². The smallest absolute Gasteiger partial charge is 0.319 e. The zero-order valence-corrected chi connectivity index (χ0v) is 14.0. The van der Waals surface area contributed by atoms with E-state index < -0.39 is 5.54 Å². The monoisotopic (exact) mass is 330 g/mol. The maximum Gasteiger partial charge on any atom is 0.319 e. The summed E-state index contributed by atoms with van der Waals surface area (Å²) < 4.78 is 5.56. The molecule has 0 saturated carbocycles. The van der Waals surface area contributed by atoms with Crippen LogP contribution in [0.2, 0.25) is 0 Å². The number of aryl methyl sites for hydroxylation is 1. The number of carbonyl (C=O) groups is 1. The Bertz CT molecular complexity index is 824. The van der Waals surface area contributed by atoms with Gasteiger partial charge in [-0.2, -0.15) is 0 Å². The number of thiazole rings is 1. The van der Waals surface area contributed by atoms with Gasteiger partial charge in [-0.3, -0.25) is 0 Å². The lowest BCUT2D eigenvalue weighted by molar-refractivity contribution is 0.242. The fourth-order valence-corrected chi connectivity index (χ4v) is 2.95. The molecule has 7 heteroatoms. The predicted octanol–water partition coefficient (Wildman–Crippen LogP) is 3.90. The van der Waals surface area contributed by atoms with E-state index in [4.69, 9.17) is 4.42 Å². The van der Waals surface area contributed by atoms with Crippen LogP contribution in [0.15, 0.2) is 34.2 Å². The standard InChI is InChI=1S/C16H18N4O2S/c1-4-13-19-11-9-10(5-6-12(11)22-13)18-15(21)20-16(2,3)14-17-7-8-23-14/h5-9H,4H2,1-3H3,(H2,18,20,21). The van der Waals surface area contributed by atoms with E-state index in [1.54, 1.807) is 18.3 Å². The van der Waals surface area contributed by atoms with Gasteiger partial charge in [-0.1, -0.05) is 6.92 Å². The second-order valence-electron chi connectivity index (χ2n) is 5.69. The lowest BCUT2D eigenvalue weighted by atomic mass is 10.1. The number of fused-ring (bicyclic) bond motifs is 1. The summed E-state index contributed by atoms with van der Waals surface area (Å²) in [6, 6.07) is 5.11. The van der Waals surface area contributed by atoms with Gasteiger partial charge in [0, 0.05) is 23.7 Å². The first-order valence-electron chi connectivity index (χ1n) is 7.36. The second kappa shape index (κ2) is 6.00. The van der Waals surface area contributed by atoms with Gasteiger partial charge in [0.25, 0.3) is 0 Å². The van der Waals surface area contributed by atoms with Crippen LogP contribution in [-0.2, 0) is 12.0 Å². The van der Waals surface area contributed by atoms with Crippen LogP contribution in [0.25, 0.3) is 11.1 Å². The number of rotatable bonds is 4. The molecule has 0 atom stereocenters. The maximum absolute atomic E-state index is 12.2. The van der Waals surface area contributed by atoms with E-state index in [0.717, 1.165) is 22.5 Å². The van der Waals surface area contributed by atoms with Crippen molar-refractivity contribution in [2.75, 3.05) is 5.32 Å². The molecule has 0 saturated heterocycles. The SMILES string of the molecule is CCc1nc2cc(NC(=O)NC(C)(C)c3nccs3)ccc2o1. The predicted molar refractivity (Wildman–Crippen MR) is 90.7 cm³/mol. The van der Waals surface area contributed by atoms with Gasteiger partial charge >= 0.3 is 6.03 Å². The lowest BCUT2D eigenvalue weighted by Gasteiger charge is -2.23. The van der Waals surface area contributed by atoms with Crippen LogP contribution in [0.4, 0.5) is 10.5 Å². The number of hydrogen-bond acceptors (Lipinski definition) is 5. The van der Waals surface area contributed by atoms with Crippen molar-refractivity contribution in [3.63, 3.8) is 0 Å². The highest BCUT2D eigenvalue weighted by molar-refractivity contribution is 7.09. The Morgan fingerprint density at radius 3 is 2.91 bits per heavy atom. The van der Waals surface area contributed by atoms with Gasteiger partial charge in [-0.25, -0.2) is 14.8 Å². The molecule has 0 aliphatic rings.